The third kappa shape index (κ3) is 12.5. The SMILES string of the molecule is CCCO[C@H]1CC[C@H](N(C(=O)Nc2ncc(SC(Sc3cnc(NC(=O)N(C4CCCCC4)[C@H]4CC[C@H](OCCC)CC4)s3)C(=O)O)s2)C2CCCCC2)CC1. The number of aliphatic carboxylic acids is 1. The molecule has 2 aromatic heterocycles. The van der Waals surface area contributed by atoms with E-state index < -0.39 is 10.6 Å². The van der Waals surface area contributed by atoms with Gasteiger partial charge in [-0.15, -0.1) is 0 Å². The van der Waals surface area contributed by atoms with Crippen LogP contribution in [0.15, 0.2) is 20.8 Å². The lowest BCUT2D eigenvalue weighted by molar-refractivity contribution is -0.134. The van der Waals surface area contributed by atoms with Gasteiger partial charge in [-0.3, -0.25) is 15.4 Å². The van der Waals surface area contributed by atoms with Crippen LogP contribution in [0.2, 0.25) is 0 Å². The summed E-state index contributed by atoms with van der Waals surface area (Å²) in [6.07, 6.45) is 24.6. The van der Waals surface area contributed by atoms with E-state index in [-0.39, 0.29) is 48.4 Å². The van der Waals surface area contributed by atoms with Crippen molar-refractivity contribution in [1.29, 1.82) is 0 Å². The molecule has 0 atom stereocenters. The van der Waals surface area contributed by atoms with Gasteiger partial charge >= 0.3 is 18.0 Å². The number of nitrogens with one attached hydrogen (secondary N) is 2. The molecule has 0 aliphatic heterocycles. The Bertz CT molecular complexity index is 1410. The Balaban J connectivity index is 1.04. The highest BCUT2D eigenvalue weighted by molar-refractivity contribution is 8.19. The molecule has 0 radical (unpaired) electrons. The van der Waals surface area contributed by atoms with Crippen LogP contribution in [-0.2, 0) is 14.3 Å². The van der Waals surface area contributed by atoms with E-state index in [1.54, 1.807) is 12.4 Å². The molecule has 12 nitrogen and oxygen atoms in total. The Hall–Kier alpha value is -2.11. The second-order valence-electron chi connectivity index (χ2n) is 15.7. The van der Waals surface area contributed by atoms with Gasteiger partial charge < -0.3 is 24.4 Å². The van der Waals surface area contributed by atoms with Crippen molar-refractivity contribution in [2.24, 2.45) is 0 Å². The zero-order valence-corrected chi connectivity index (χ0v) is 36.4. The predicted molar refractivity (Wildman–Crippen MR) is 227 cm³/mol. The molecule has 16 heteroatoms. The molecule has 56 heavy (non-hydrogen) atoms. The molecule has 4 fully saturated rings. The Labute approximate surface area is 349 Å². The topological polar surface area (TPSA) is 146 Å². The summed E-state index contributed by atoms with van der Waals surface area (Å²) in [4.78, 5) is 53.4. The molecule has 0 bridgehead atoms. The first kappa shape index (κ1) is 43.5. The second kappa shape index (κ2) is 22.3. The number of rotatable bonds is 17. The molecule has 0 unspecified atom stereocenters. The van der Waals surface area contributed by atoms with Crippen LogP contribution in [0.1, 0.15) is 142 Å². The molecule has 4 amide bonds. The Morgan fingerprint density at radius 3 is 1.39 bits per heavy atom. The number of amides is 4. The van der Waals surface area contributed by atoms with Gasteiger partial charge in [-0.2, -0.15) is 0 Å². The van der Waals surface area contributed by atoms with Gasteiger partial charge in [-0.1, -0.05) is 98.6 Å². The van der Waals surface area contributed by atoms with E-state index in [1.165, 1.54) is 59.0 Å². The van der Waals surface area contributed by atoms with Crippen molar-refractivity contribution in [3.63, 3.8) is 0 Å². The van der Waals surface area contributed by atoms with E-state index in [1.807, 2.05) is 0 Å². The number of carbonyl (C=O) groups is 3. The lowest BCUT2D eigenvalue weighted by Gasteiger charge is -2.42. The van der Waals surface area contributed by atoms with Crippen molar-refractivity contribution >= 4 is 74.5 Å². The summed E-state index contributed by atoms with van der Waals surface area (Å²) in [5, 5.41) is 17.3. The fourth-order valence-corrected chi connectivity index (χ4v) is 13.5. The Morgan fingerprint density at radius 2 is 1.04 bits per heavy atom. The summed E-state index contributed by atoms with van der Waals surface area (Å²) in [6, 6.07) is 0.573. The van der Waals surface area contributed by atoms with Crippen molar-refractivity contribution < 1.29 is 29.0 Å². The third-order valence-electron chi connectivity index (χ3n) is 11.6. The van der Waals surface area contributed by atoms with Crippen LogP contribution in [0.4, 0.5) is 19.9 Å². The first-order valence-electron chi connectivity index (χ1n) is 21.2. The minimum Gasteiger partial charge on any atom is -0.480 e. The normalized spacial score (nSPS) is 23.8. The average Bonchev–Trinajstić information content (AvgIpc) is 3.86. The summed E-state index contributed by atoms with van der Waals surface area (Å²) >= 11 is 4.99. The lowest BCUT2D eigenvalue weighted by Crippen LogP contribution is -2.51. The van der Waals surface area contributed by atoms with Crippen LogP contribution in [0, 0.1) is 0 Å². The minimum atomic E-state index is -0.970. The molecule has 0 aromatic carbocycles. The molecule has 0 spiro atoms. The molecule has 2 heterocycles. The number of ether oxygens (including phenoxy) is 2. The van der Waals surface area contributed by atoms with Crippen LogP contribution in [0.3, 0.4) is 0 Å². The number of aromatic nitrogens is 2. The van der Waals surface area contributed by atoms with Gasteiger partial charge in [0.15, 0.2) is 14.8 Å². The van der Waals surface area contributed by atoms with Crippen LogP contribution in [0.25, 0.3) is 0 Å². The fourth-order valence-electron chi connectivity index (χ4n) is 8.92. The van der Waals surface area contributed by atoms with Crippen LogP contribution in [-0.4, -0.2) is 97.1 Å². The number of thioether (sulfide) groups is 2. The zero-order valence-electron chi connectivity index (χ0n) is 33.2. The monoisotopic (exact) mass is 850 g/mol. The quantitative estimate of drug-likeness (QED) is 0.104. The smallest absolute Gasteiger partial charge is 0.327 e. The summed E-state index contributed by atoms with van der Waals surface area (Å²) < 4.78 is 12.6. The number of hydrogen-bond donors (Lipinski definition) is 3. The molecule has 0 saturated heterocycles. The highest BCUT2D eigenvalue weighted by Crippen LogP contribution is 2.42. The maximum absolute atomic E-state index is 13.9. The number of thiazole rings is 2. The molecular weight excluding hydrogens is 789 g/mol. The number of anilines is 2. The molecule has 4 aliphatic rings. The second-order valence-corrected chi connectivity index (χ2v) is 20.9. The van der Waals surface area contributed by atoms with Crippen molar-refractivity contribution in [1.82, 2.24) is 19.8 Å². The van der Waals surface area contributed by atoms with Crippen molar-refractivity contribution in [2.75, 3.05) is 23.8 Å². The maximum atomic E-state index is 13.9. The van der Waals surface area contributed by atoms with Crippen LogP contribution in [0.5, 0.6) is 0 Å². The van der Waals surface area contributed by atoms with Gasteiger partial charge in [0.05, 0.1) is 33.0 Å². The lowest BCUT2D eigenvalue weighted by atomic mass is 9.88. The highest BCUT2D eigenvalue weighted by atomic mass is 32.2. The number of carboxylic acids is 1. The molecule has 2 aromatic rings. The van der Waals surface area contributed by atoms with Crippen molar-refractivity contribution in [3.05, 3.63) is 12.4 Å². The van der Waals surface area contributed by atoms with Gasteiger partial charge in [0, 0.05) is 37.4 Å². The number of urea groups is 2. The summed E-state index contributed by atoms with van der Waals surface area (Å²) in [7, 11) is 0. The fraction of sp³-hybridized carbons (Fsp3) is 0.775. The number of carboxylic acid groups (broad SMARTS) is 1. The van der Waals surface area contributed by atoms with Gasteiger partial charge in [0.25, 0.3) is 0 Å². The van der Waals surface area contributed by atoms with Gasteiger partial charge in [-0.05, 0) is 89.9 Å². The van der Waals surface area contributed by atoms with Crippen molar-refractivity contribution in [2.45, 2.75) is 192 Å². The molecule has 4 aliphatic carbocycles. The summed E-state index contributed by atoms with van der Waals surface area (Å²) in [5.41, 5.74) is 0. The highest BCUT2D eigenvalue weighted by Gasteiger charge is 2.37. The Kier molecular flexibility index (Phi) is 17.3. The average molecular weight is 851 g/mol. The molecule has 3 N–H and O–H groups in total. The number of carbonyl (C=O) groups excluding carboxylic acids is 2. The van der Waals surface area contributed by atoms with Gasteiger partial charge in [0.2, 0.25) is 0 Å². The standard InChI is InChI=1S/C40H62N6O6S4/c1-3-23-51-31-19-15-29(16-20-31)45(27-11-7-5-8-12-27)39(49)43-37-41-25-33(55-37)53-36(35(47)48)54-34-26-42-38(56-34)44-40(50)46(28-13-9-6-10-14-28)30-17-21-32(22-18-30)52-24-4-2/h25-32,36H,3-24H2,1-2H3,(H,47,48)(H,41,43,49)(H,42,44,50)/t29-,30-,31-,32-. The first-order valence-corrected chi connectivity index (χ1v) is 24.6. The van der Waals surface area contributed by atoms with Gasteiger partial charge in [-0.25, -0.2) is 19.6 Å². The molecular formula is C40H62N6O6S4. The third-order valence-corrected chi connectivity index (χ3v) is 16.2. The number of hydrogen-bond acceptors (Lipinski definition) is 11. The predicted octanol–water partition coefficient (Wildman–Crippen LogP) is 10.7. The van der Waals surface area contributed by atoms with E-state index in [4.69, 9.17) is 9.47 Å². The maximum Gasteiger partial charge on any atom is 0.327 e. The summed E-state index contributed by atoms with van der Waals surface area (Å²) in [6.45, 7) is 5.83. The first-order chi connectivity index (χ1) is 27.3. The van der Waals surface area contributed by atoms with Gasteiger partial charge in [0.1, 0.15) is 0 Å². The molecule has 4 saturated carbocycles. The Morgan fingerprint density at radius 1 is 0.661 bits per heavy atom. The van der Waals surface area contributed by atoms with E-state index in [9.17, 15) is 19.5 Å². The van der Waals surface area contributed by atoms with E-state index in [0.29, 0.717) is 18.7 Å². The minimum absolute atomic E-state index is 0.111. The van der Waals surface area contributed by atoms with E-state index >= 15 is 0 Å². The van der Waals surface area contributed by atoms with Crippen LogP contribution < -0.4 is 10.6 Å². The molecule has 312 valence electrons. The largest absolute Gasteiger partial charge is 0.480 e. The van der Waals surface area contributed by atoms with Crippen molar-refractivity contribution in [3.8, 4) is 0 Å². The number of nitrogens with zero attached hydrogens (tertiary/aromatic N) is 4. The van der Waals surface area contributed by atoms with Crippen LogP contribution >= 0.6 is 46.2 Å². The zero-order chi connectivity index (χ0) is 39.3. The van der Waals surface area contributed by atoms with E-state index in [0.717, 1.165) is 129 Å². The summed E-state index contributed by atoms with van der Waals surface area (Å²) in [5.74, 6) is -0.970. The molecule has 6 rings (SSSR count). The van der Waals surface area contributed by atoms with E-state index in [2.05, 4.69) is 44.2 Å².